The minimum atomic E-state index is -1.23. The van der Waals surface area contributed by atoms with Crippen molar-refractivity contribution in [2.24, 2.45) is 5.92 Å². The summed E-state index contributed by atoms with van der Waals surface area (Å²) >= 11 is 0. The van der Waals surface area contributed by atoms with Crippen LogP contribution in [0.15, 0.2) is 11.6 Å². The standard InChI is InChI=1S/C7H10O4/c1-4(2)5(7(10)11)3-6(8)9/h3-4H,1-2H3,(H,8,9)(H,10,11)/b5-3+. The van der Waals surface area contributed by atoms with Gasteiger partial charge in [-0.15, -0.1) is 0 Å². The fourth-order valence-electron chi connectivity index (χ4n) is 0.608. The van der Waals surface area contributed by atoms with E-state index >= 15 is 0 Å². The molecule has 0 aliphatic heterocycles. The Hall–Kier alpha value is -1.32. The van der Waals surface area contributed by atoms with E-state index in [1.54, 1.807) is 13.8 Å². The number of hydrogen-bond donors (Lipinski definition) is 2. The molecule has 0 saturated carbocycles. The number of aliphatic carboxylic acids is 2. The van der Waals surface area contributed by atoms with E-state index in [0.29, 0.717) is 6.08 Å². The van der Waals surface area contributed by atoms with Gasteiger partial charge in [0, 0.05) is 11.6 Å². The molecule has 0 bridgehead atoms. The summed E-state index contributed by atoms with van der Waals surface area (Å²) in [6.07, 6.45) is 0.715. The number of carbonyl (C=O) groups is 2. The zero-order chi connectivity index (χ0) is 9.02. The van der Waals surface area contributed by atoms with E-state index in [4.69, 9.17) is 10.2 Å². The van der Waals surface area contributed by atoms with Crippen LogP contribution in [0.2, 0.25) is 0 Å². The van der Waals surface area contributed by atoms with Crippen LogP contribution in [0.5, 0.6) is 0 Å². The first kappa shape index (κ1) is 9.68. The third kappa shape index (κ3) is 3.40. The van der Waals surface area contributed by atoms with Crippen molar-refractivity contribution < 1.29 is 19.8 Å². The summed E-state index contributed by atoms with van der Waals surface area (Å²) in [4.78, 5) is 20.4. The van der Waals surface area contributed by atoms with Gasteiger partial charge in [-0.3, -0.25) is 0 Å². The SMILES string of the molecule is CC(C)/C(=C\C(=O)O)C(=O)O. The fraction of sp³-hybridized carbons (Fsp3) is 0.429. The highest BCUT2D eigenvalue weighted by Crippen LogP contribution is 2.08. The lowest BCUT2D eigenvalue weighted by Gasteiger charge is -2.02. The van der Waals surface area contributed by atoms with Gasteiger partial charge in [-0.1, -0.05) is 13.8 Å². The summed E-state index contributed by atoms with van der Waals surface area (Å²) < 4.78 is 0. The van der Waals surface area contributed by atoms with Crippen LogP contribution in [0, 0.1) is 5.92 Å². The Balaban J connectivity index is 4.60. The molecule has 0 rings (SSSR count). The number of carboxylic acid groups (broad SMARTS) is 2. The highest BCUT2D eigenvalue weighted by Gasteiger charge is 2.12. The van der Waals surface area contributed by atoms with Gasteiger partial charge in [-0.25, -0.2) is 9.59 Å². The van der Waals surface area contributed by atoms with Gasteiger partial charge in [0.15, 0.2) is 0 Å². The molecule has 62 valence electrons. The first-order chi connectivity index (χ1) is 4.95. The molecule has 0 fully saturated rings. The summed E-state index contributed by atoms with van der Waals surface area (Å²) in [6, 6.07) is 0. The first-order valence-corrected chi connectivity index (χ1v) is 3.13. The quantitative estimate of drug-likeness (QED) is 0.594. The van der Waals surface area contributed by atoms with Gasteiger partial charge in [-0.05, 0) is 5.92 Å². The van der Waals surface area contributed by atoms with Crippen molar-refractivity contribution in [1.29, 1.82) is 0 Å². The summed E-state index contributed by atoms with van der Waals surface area (Å²) in [5.74, 6) is -2.68. The van der Waals surface area contributed by atoms with E-state index in [1.807, 2.05) is 0 Å². The van der Waals surface area contributed by atoms with Crippen molar-refractivity contribution in [2.45, 2.75) is 13.8 Å². The molecule has 4 heteroatoms. The molecule has 0 unspecified atom stereocenters. The molecule has 2 N–H and O–H groups in total. The van der Waals surface area contributed by atoms with Crippen LogP contribution in [0.1, 0.15) is 13.8 Å². The Morgan fingerprint density at radius 3 is 1.82 bits per heavy atom. The Morgan fingerprint density at radius 1 is 1.27 bits per heavy atom. The summed E-state index contributed by atoms with van der Waals surface area (Å²) in [5.41, 5.74) is -0.0856. The maximum atomic E-state index is 10.3. The van der Waals surface area contributed by atoms with Gasteiger partial charge in [-0.2, -0.15) is 0 Å². The molecule has 0 spiro atoms. The lowest BCUT2D eigenvalue weighted by molar-refractivity contribution is -0.135. The molecule has 0 aromatic rings. The summed E-state index contributed by atoms with van der Waals surface area (Å²) in [6.45, 7) is 3.26. The molecule has 11 heavy (non-hydrogen) atoms. The van der Waals surface area contributed by atoms with Crippen molar-refractivity contribution >= 4 is 11.9 Å². The maximum absolute atomic E-state index is 10.3. The van der Waals surface area contributed by atoms with Crippen LogP contribution in [0.4, 0.5) is 0 Å². The molecule has 0 aromatic carbocycles. The normalized spacial score (nSPS) is 11.7. The predicted molar refractivity (Wildman–Crippen MR) is 38.2 cm³/mol. The largest absolute Gasteiger partial charge is 0.478 e. The molecule has 0 atom stereocenters. The third-order valence-electron chi connectivity index (χ3n) is 1.15. The van der Waals surface area contributed by atoms with E-state index in [9.17, 15) is 9.59 Å². The zero-order valence-electron chi connectivity index (χ0n) is 6.37. The van der Waals surface area contributed by atoms with Gasteiger partial charge in [0.2, 0.25) is 0 Å². The third-order valence-corrected chi connectivity index (χ3v) is 1.15. The van der Waals surface area contributed by atoms with Crippen LogP contribution in [0.25, 0.3) is 0 Å². The van der Waals surface area contributed by atoms with Gasteiger partial charge < -0.3 is 10.2 Å². The van der Waals surface area contributed by atoms with E-state index in [1.165, 1.54) is 0 Å². The predicted octanol–water partition coefficient (Wildman–Crippen LogP) is 0.738. The molecule has 0 heterocycles. The molecular weight excluding hydrogens is 148 g/mol. The molecular formula is C7H10O4. The second-order valence-electron chi connectivity index (χ2n) is 2.40. The van der Waals surface area contributed by atoms with Crippen LogP contribution in [-0.2, 0) is 9.59 Å². The number of rotatable bonds is 3. The minimum Gasteiger partial charge on any atom is -0.478 e. The lowest BCUT2D eigenvalue weighted by atomic mass is 10.0. The zero-order valence-corrected chi connectivity index (χ0v) is 6.37. The Bertz CT molecular complexity index is 202. The monoisotopic (exact) mass is 158 g/mol. The lowest BCUT2D eigenvalue weighted by Crippen LogP contribution is -2.09. The average Bonchev–Trinajstić information content (AvgIpc) is 1.81. The minimum absolute atomic E-state index is 0.0856. The second-order valence-corrected chi connectivity index (χ2v) is 2.40. The van der Waals surface area contributed by atoms with Crippen LogP contribution < -0.4 is 0 Å². The topological polar surface area (TPSA) is 74.6 Å². The van der Waals surface area contributed by atoms with Crippen LogP contribution in [0.3, 0.4) is 0 Å². The Labute approximate surface area is 64.2 Å². The number of hydrogen-bond acceptors (Lipinski definition) is 2. The van der Waals surface area contributed by atoms with Crippen LogP contribution >= 0.6 is 0 Å². The van der Waals surface area contributed by atoms with Gasteiger partial charge in [0.1, 0.15) is 0 Å². The molecule has 0 amide bonds. The van der Waals surface area contributed by atoms with E-state index in [-0.39, 0.29) is 11.5 Å². The van der Waals surface area contributed by atoms with Crippen molar-refractivity contribution in [2.75, 3.05) is 0 Å². The maximum Gasteiger partial charge on any atom is 0.332 e. The fourth-order valence-corrected chi connectivity index (χ4v) is 0.608. The highest BCUT2D eigenvalue weighted by molar-refractivity contribution is 5.94. The van der Waals surface area contributed by atoms with Crippen LogP contribution in [-0.4, -0.2) is 22.2 Å². The molecule has 0 aliphatic rings. The molecule has 4 nitrogen and oxygen atoms in total. The second kappa shape index (κ2) is 3.75. The van der Waals surface area contributed by atoms with Gasteiger partial charge in [0.05, 0.1) is 0 Å². The average molecular weight is 158 g/mol. The highest BCUT2D eigenvalue weighted by atomic mass is 16.4. The van der Waals surface area contributed by atoms with Crippen molar-refractivity contribution in [3.05, 3.63) is 11.6 Å². The van der Waals surface area contributed by atoms with Gasteiger partial charge in [0.25, 0.3) is 0 Å². The Kier molecular flexibility index (Phi) is 3.30. The van der Waals surface area contributed by atoms with Crippen molar-refractivity contribution in [3.8, 4) is 0 Å². The molecule has 0 aliphatic carbocycles. The van der Waals surface area contributed by atoms with Crippen molar-refractivity contribution in [1.82, 2.24) is 0 Å². The molecule has 0 aromatic heterocycles. The summed E-state index contributed by atoms with van der Waals surface area (Å²) in [7, 11) is 0. The smallest absolute Gasteiger partial charge is 0.332 e. The first-order valence-electron chi connectivity index (χ1n) is 3.13. The molecule has 0 radical (unpaired) electrons. The van der Waals surface area contributed by atoms with E-state index in [2.05, 4.69) is 0 Å². The van der Waals surface area contributed by atoms with E-state index < -0.39 is 11.9 Å². The van der Waals surface area contributed by atoms with E-state index in [0.717, 1.165) is 0 Å². The summed E-state index contributed by atoms with van der Waals surface area (Å²) in [5, 5.41) is 16.7. The number of carboxylic acids is 2. The Morgan fingerprint density at radius 2 is 1.73 bits per heavy atom. The molecule has 0 saturated heterocycles. The van der Waals surface area contributed by atoms with Gasteiger partial charge >= 0.3 is 11.9 Å². The van der Waals surface area contributed by atoms with Crippen molar-refractivity contribution in [3.63, 3.8) is 0 Å².